The SMILES string of the molecule is O=C(CN1CCCCC1)c1ccn(-c2ccc(F)cc2)n1. The Bertz CT molecular complexity index is 615. The quantitative estimate of drug-likeness (QED) is 0.811. The van der Waals surface area contributed by atoms with Crippen molar-refractivity contribution >= 4 is 5.78 Å². The van der Waals surface area contributed by atoms with E-state index in [-0.39, 0.29) is 11.6 Å². The van der Waals surface area contributed by atoms with Crippen LogP contribution < -0.4 is 0 Å². The number of hydrogen-bond donors (Lipinski definition) is 0. The van der Waals surface area contributed by atoms with Gasteiger partial charge in [0, 0.05) is 6.20 Å². The summed E-state index contributed by atoms with van der Waals surface area (Å²) in [5.41, 5.74) is 1.21. The molecule has 0 saturated carbocycles. The number of carbonyl (C=O) groups is 1. The van der Waals surface area contributed by atoms with Crippen molar-refractivity contribution in [2.75, 3.05) is 19.6 Å². The molecule has 21 heavy (non-hydrogen) atoms. The Labute approximate surface area is 123 Å². The fourth-order valence-electron chi connectivity index (χ4n) is 2.61. The Morgan fingerprint density at radius 3 is 2.52 bits per heavy atom. The van der Waals surface area contributed by atoms with Gasteiger partial charge in [-0.25, -0.2) is 9.07 Å². The summed E-state index contributed by atoms with van der Waals surface area (Å²) in [7, 11) is 0. The molecule has 2 heterocycles. The molecular weight excluding hydrogens is 269 g/mol. The summed E-state index contributed by atoms with van der Waals surface area (Å²) in [6.45, 7) is 2.41. The highest BCUT2D eigenvalue weighted by molar-refractivity contribution is 5.95. The molecule has 1 aliphatic rings. The summed E-state index contributed by atoms with van der Waals surface area (Å²) in [5, 5.41) is 4.29. The van der Waals surface area contributed by atoms with Gasteiger partial charge in [0.25, 0.3) is 0 Å². The normalized spacial score (nSPS) is 16.0. The number of benzene rings is 1. The average Bonchev–Trinajstić information content (AvgIpc) is 2.99. The van der Waals surface area contributed by atoms with Gasteiger partial charge in [-0.3, -0.25) is 9.69 Å². The predicted octanol–water partition coefficient (Wildman–Crippen LogP) is 2.68. The molecular formula is C16H18FN3O. The summed E-state index contributed by atoms with van der Waals surface area (Å²) in [6.07, 6.45) is 5.31. The lowest BCUT2D eigenvalue weighted by Crippen LogP contribution is -2.34. The number of rotatable bonds is 4. The van der Waals surface area contributed by atoms with Crippen LogP contribution in [-0.2, 0) is 0 Å². The van der Waals surface area contributed by atoms with Crippen molar-refractivity contribution in [2.24, 2.45) is 0 Å². The summed E-state index contributed by atoms with van der Waals surface area (Å²) in [4.78, 5) is 14.4. The Morgan fingerprint density at radius 2 is 1.81 bits per heavy atom. The number of likely N-dealkylation sites (tertiary alicyclic amines) is 1. The number of ketones is 1. The third-order valence-electron chi connectivity index (χ3n) is 3.78. The van der Waals surface area contributed by atoms with Crippen molar-refractivity contribution in [3.63, 3.8) is 0 Å². The zero-order valence-corrected chi connectivity index (χ0v) is 11.8. The number of hydrogen-bond acceptors (Lipinski definition) is 3. The molecule has 0 atom stereocenters. The molecule has 5 heteroatoms. The maximum absolute atomic E-state index is 12.9. The fraction of sp³-hybridized carbons (Fsp3) is 0.375. The van der Waals surface area contributed by atoms with E-state index in [1.54, 1.807) is 29.1 Å². The first-order valence-corrected chi connectivity index (χ1v) is 7.29. The van der Waals surface area contributed by atoms with E-state index in [1.807, 2.05) is 0 Å². The minimum absolute atomic E-state index is 0.0396. The van der Waals surface area contributed by atoms with Crippen molar-refractivity contribution in [1.29, 1.82) is 0 Å². The summed E-state index contributed by atoms with van der Waals surface area (Å²) in [6, 6.07) is 7.76. The molecule has 4 nitrogen and oxygen atoms in total. The largest absolute Gasteiger partial charge is 0.296 e. The summed E-state index contributed by atoms with van der Waals surface area (Å²) < 4.78 is 14.5. The van der Waals surface area contributed by atoms with Gasteiger partial charge in [-0.15, -0.1) is 0 Å². The molecule has 1 fully saturated rings. The van der Waals surface area contributed by atoms with Crippen LogP contribution >= 0.6 is 0 Å². The Balaban J connectivity index is 1.69. The van der Waals surface area contributed by atoms with E-state index in [9.17, 15) is 9.18 Å². The smallest absolute Gasteiger partial charge is 0.196 e. The van der Waals surface area contributed by atoms with Gasteiger partial charge in [0.05, 0.1) is 12.2 Å². The van der Waals surface area contributed by atoms with Crippen molar-refractivity contribution in [3.8, 4) is 5.69 Å². The first-order valence-electron chi connectivity index (χ1n) is 7.29. The molecule has 3 rings (SSSR count). The molecule has 110 valence electrons. The number of carbonyl (C=O) groups excluding carboxylic acids is 1. The predicted molar refractivity (Wildman–Crippen MR) is 78.1 cm³/mol. The van der Waals surface area contributed by atoms with Crippen LogP contribution in [0.25, 0.3) is 5.69 Å². The second-order valence-corrected chi connectivity index (χ2v) is 5.38. The van der Waals surface area contributed by atoms with Gasteiger partial charge in [0.1, 0.15) is 11.5 Å². The van der Waals surface area contributed by atoms with Gasteiger partial charge in [-0.1, -0.05) is 6.42 Å². The molecule has 0 aliphatic carbocycles. The van der Waals surface area contributed by atoms with Gasteiger partial charge < -0.3 is 0 Å². The Hall–Kier alpha value is -2.01. The second kappa shape index (κ2) is 6.18. The third kappa shape index (κ3) is 3.36. The minimum atomic E-state index is -0.285. The van der Waals surface area contributed by atoms with Crippen LogP contribution in [0.1, 0.15) is 29.8 Å². The molecule has 0 amide bonds. The van der Waals surface area contributed by atoms with Crippen LogP contribution in [0, 0.1) is 5.82 Å². The van der Waals surface area contributed by atoms with Crippen LogP contribution in [-0.4, -0.2) is 40.1 Å². The Morgan fingerprint density at radius 1 is 1.10 bits per heavy atom. The summed E-state index contributed by atoms with van der Waals surface area (Å²) in [5.74, 6) is -0.245. The second-order valence-electron chi connectivity index (χ2n) is 5.38. The van der Waals surface area contributed by atoms with Gasteiger partial charge in [0.15, 0.2) is 5.78 Å². The standard InChI is InChI=1S/C16H18FN3O/c17-13-4-6-14(7-5-13)20-11-8-15(18-20)16(21)12-19-9-2-1-3-10-19/h4-8,11H,1-3,9-10,12H2. The van der Waals surface area contributed by atoms with Crippen molar-refractivity contribution in [1.82, 2.24) is 14.7 Å². The summed E-state index contributed by atoms with van der Waals surface area (Å²) >= 11 is 0. The van der Waals surface area contributed by atoms with E-state index >= 15 is 0 Å². The number of Topliss-reactive ketones (excluding diaryl/α,β-unsaturated/α-hetero) is 1. The topological polar surface area (TPSA) is 38.1 Å². The maximum atomic E-state index is 12.9. The van der Waals surface area contributed by atoms with E-state index in [0.717, 1.165) is 31.6 Å². The van der Waals surface area contributed by atoms with Crippen LogP contribution in [0.2, 0.25) is 0 Å². The van der Waals surface area contributed by atoms with Crippen LogP contribution in [0.3, 0.4) is 0 Å². The molecule has 0 bridgehead atoms. The van der Waals surface area contributed by atoms with Gasteiger partial charge >= 0.3 is 0 Å². The average molecular weight is 287 g/mol. The van der Waals surface area contributed by atoms with Crippen molar-refractivity contribution in [2.45, 2.75) is 19.3 Å². The number of halogens is 1. The molecule has 0 radical (unpaired) electrons. The highest BCUT2D eigenvalue weighted by Gasteiger charge is 2.17. The van der Waals surface area contributed by atoms with Crippen LogP contribution in [0.5, 0.6) is 0 Å². The van der Waals surface area contributed by atoms with E-state index in [0.29, 0.717) is 12.2 Å². The lowest BCUT2D eigenvalue weighted by molar-refractivity contribution is 0.0910. The number of aromatic nitrogens is 2. The molecule has 1 aromatic heterocycles. The minimum Gasteiger partial charge on any atom is -0.296 e. The highest BCUT2D eigenvalue weighted by Crippen LogP contribution is 2.12. The lowest BCUT2D eigenvalue weighted by atomic mass is 10.1. The zero-order valence-electron chi connectivity index (χ0n) is 11.8. The zero-order chi connectivity index (χ0) is 14.7. The highest BCUT2D eigenvalue weighted by atomic mass is 19.1. The number of nitrogens with zero attached hydrogens (tertiary/aromatic N) is 3. The van der Waals surface area contributed by atoms with E-state index in [4.69, 9.17) is 0 Å². The van der Waals surface area contributed by atoms with Gasteiger partial charge in [-0.05, 0) is 56.3 Å². The fourth-order valence-corrected chi connectivity index (χ4v) is 2.61. The van der Waals surface area contributed by atoms with Crippen molar-refractivity contribution in [3.05, 3.63) is 48.0 Å². The van der Waals surface area contributed by atoms with Crippen LogP contribution in [0.15, 0.2) is 36.5 Å². The molecule has 1 aliphatic heterocycles. The third-order valence-corrected chi connectivity index (χ3v) is 3.78. The molecule has 0 N–H and O–H groups in total. The van der Waals surface area contributed by atoms with E-state index in [1.165, 1.54) is 18.6 Å². The van der Waals surface area contributed by atoms with Crippen LogP contribution in [0.4, 0.5) is 4.39 Å². The first-order chi connectivity index (χ1) is 10.2. The molecule has 0 unspecified atom stereocenters. The first kappa shape index (κ1) is 13.9. The molecule has 1 saturated heterocycles. The molecule has 0 spiro atoms. The van der Waals surface area contributed by atoms with Crippen molar-refractivity contribution < 1.29 is 9.18 Å². The Kier molecular flexibility index (Phi) is 4.10. The monoisotopic (exact) mass is 287 g/mol. The molecule has 1 aromatic carbocycles. The lowest BCUT2D eigenvalue weighted by Gasteiger charge is -2.25. The van der Waals surface area contributed by atoms with Gasteiger partial charge in [-0.2, -0.15) is 5.10 Å². The maximum Gasteiger partial charge on any atom is 0.196 e. The van der Waals surface area contributed by atoms with E-state index < -0.39 is 0 Å². The number of piperidine rings is 1. The molecule has 2 aromatic rings. The van der Waals surface area contributed by atoms with E-state index in [2.05, 4.69) is 10.00 Å². The van der Waals surface area contributed by atoms with Gasteiger partial charge in [0.2, 0.25) is 0 Å².